The van der Waals surface area contributed by atoms with Crippen molar-refractivity contribution in [2.24, 2.45) is 5.92 Å². The highest BCUT2D eigenvalue weighted by Gasteiger charge is 2.24. The van der Waals surface area contributed by atoms with Crippen LogP contribution in [0.5, 0.6) is 5.88 Å². The van der Waals surface area contributed by atoms with Crippen LogP contribution in [0.1, 0.15) is 62.7 Å². The number of aromatic nitrogens is 4. The van der Waals surface area contributed by atoms with E-state index in [2.05, 4.69) is 29.4 Å². The van der Waals surface area contributed by atoms with E-state index in [1.165, 1.54) is 12.8 Å². The highest BCUT2D eigenvalue weighted by Crippen LogP contribution is 2.30. The molecule has 170 valence electrons. The molecule has 1 amide bonds. The fourth-order valence-electron chi connectivity index (χ4n) is 4.23. The van der Waals surface area contributed by atoms with Crippen LogP contribution in [0.15, 0.2) is 30.3 Å². The molecule has 2 radical (unpaired) electrons. The van der Waals surface area contributed by atoms with Crippen molar-refractivity contribution >= 4 is 25.2 Å². The lowest BCUT2D eigenvalue weighted by atomic mass is 10.1. The molecule has 9 heteroatoms. The Hall–Kier alpha value is -3.10. The van der Waals surface area contributed by atoms with Crippen molar-refractivity contribution in [3.63, 3.8) is 0 Å². The quantitative estimate of drug-likeness (QED) is 0.535. The molecule has 2 aromatic heterocycles. The van der Waals surface area contributed by atoms with Crippen molar-refractivity contribution in [1.82, 2.24) is 25.1 Å². The molecule has 0 saturated heterocycles. The van der Waals surface area contributed by atoms with E-state index in [-0.39, 0.29) is 12.0 Å². The van der Waals surface area contributed by atoms with E-state index < -0.39 is 0 Å². The first-order valence-electron chi connectivity index (χ1n) is 11.8. The van der Waals surface area contributed by atoms with Crippen LogP contribution < -0.4 is 14.9 Å². The second-order valence-electron chi connectivity index (χ2n) is 9.52. The van der Waals surface area contributed by atoms with Crippen molar-refractivity contribution in [1.29, 1.82) is 0 Å². The molecule has 3 aromatic rings. The predicted octanol–water partition coefficient (Wildman–Crippen LogP) is 3.55. The van der Waals surface area contributed by atoms with Crippen LogP contribution in [-0.2, 0) is 0 Å². The van der Waals surface area contributed by atoms with Crippen LogP contribution in [0.2, 0.25) is 0 Å². The highest BCUT2D eigenvalue weighted by molar-refractivity contribution is 6.19. The van der Waals surface area contributed by atoms with E-state index in [0.29, 0.717) is 41.4 Å². The SMILES string of the molecule is [B]N(CC(C)C)c1cc(OC2CCCC2)nn2c(-c3ccc(C(=O)NC4CC4)cc3)nnc12. The normalized spacial score (nSPS) is 16.5. The number of carbonyl (C=O) groups excluding carboxylic acids is 1. The van der Waals surface area contributed by atoms with E-state index >= 15 is 0 Å². The first-order chi connectivity index (χ1) is 16.0. The minimum absolute atomic E-state index is 0.0460. The Kier molecular flexibility index (Phi) is 5.95. The fraction of sp³-hybridized carbons (Fsp3) is 0.500. The minimum Gasteiger partial charge on any atom is -0.473 e. The van der Waals surface area contributed by atoms with Gasteiger partial charge in [0.05, 0.1) is 5.69 Å². The summed E-state index contributed by atoms with van der Waals surface area (Å²) in [6, 6.07) is 9.55. The second kappa shape index (κ2) is 9.04. The topological polar surface area (TPSA) is 84.7 Å². The number of anilines is 1. The van der Waals surface area contributed by atoms with Gasteiger partial charge in [-0.1, -0.05) is 26.0 Å². The Morgan fingerprint density at radius 1 is 1.18 bits per heavy atom. The maximum atomic E-state index is 12.3. The molecule has 2 aliphatic carbocycles. The average molecular weight is 444 g/mol. The molecule has 2 fully saturated rings. The van der Waals surface area contributed by atoms with Crippen LogP contribution in [0.3, 0.4) is 0 Å². The summed E-state index contributed by atoms with van der Waals surface area (Å²) >= 11 is 0. The molecule has 1 N–H and O–H groups in total. The lowest BCUT2D eigenvalue weighted by molar-refractivity contribution is 0.0951. The van der Waals surface area contributed by atoms with Gasteiger partial charge in [-0.15, -0.1) is 15.3 Å². The summed E-state index contributed by atoms with van der Waals surface area (Å²) in [6.07, 6.45) is 6.71. The summed E-state index contributed by atoms with van der Waals surface area (Å²) in [5, 5.41) is 16.5. The van der Waals surface area contributed by atoms with Crippen LogP contribution in [0.4, 0.5) is 5.69 Å². The first kappa shape index (κ1) is 21.7. The van der Waals surface area contributed by atoms with Crippen molar-refractivity contribution < 1.29 is 9.53 Å². The van der Waals surface area contributed by atoms with Gasteiger partial charge < -0.3 is 14.9 Å². The number of hydrogen-bond donors (Lipinski definition) is 1. The van der Waals surface area contributed by atoms with Gasteiger partial charge in [-0.2, -0.15) is 4.52 Å². The average Bonchev–Trinajstić information content (AvgIpc) is 3.28. The van der Waals surface area contributed by atoms with Gasteiger partial charge in [0.15, 0.2) is 5.82 Å². The van der Waals surface area contributed by atoms with Crippen molar-refractivity contribution in [3.05, 3.63) is 35.9 Å². The summed E-state index contributed by atoms with van der Waals surface area (Å²) < 4.78 is 7.90. The molecule has 0 spiro atoms. The largest absolute Gasteiger partial charge is 0.473 e. The number of hydrogen-bond acceptors (Lipinski definition) is 6. The van der Waals surface area contributed by atoms with Gasteiger partial charge in [-0.3, -0.25) is 4.79 Å². The maximum absolute atomic E-state index is 12.3. The molecule has 0 aliphatic heterocycles. The smallest absolute Gasteiger partial charge is 0.251 e. The van der Waals surface area contributed by atoms with Crippen LogP contribution in [-0.4, -0.2) is 52.4 Å². The Morgan fingerprint density at radius 2 is 1.91 bits per heavy atom. The van der Waals surface area contributed by atoms with Gasteiger partial charge in [0.2, 0.25) is 19.5 Å². The lowest BCUT2D eigenvalue weighted by Gasteiger charge is -2.23. The second-order valence-corrected chi connectivity index (χ2v) is 9.52. The van der Waals surface area contributed by atoms with Crippen molar-refractivity contribution in [3.8, 4) is 17.3 Å². The van der Waals surface area contributed by atoms with Crippen molar-refractivity contribution in [2.75, 3.05) is 11.4 Å². The summed E-state index contributed by atoms with van der Waals surface area (Å²) in [7, 11) is 6.41. The summed E-state index contributed by atoms with van der Waals surface area (Å²) in [5.74, 6) is 1.43. The monoisotopic (exact) mass is 444 g/mol. The number of ether oxygens (including phenoxy) is 1. The van der Waals surface area contributed by atoms with Crippen molar-refractivity contribution in [2.45, 2.75) is 64.5 Å². The number of nitrogens with one attached hydrogen (secondary N) is 1. The fourth-order valence-corrected chi connectivity index (χ4v) is 4.23. The van der Waals surface area contributed by atoms with Gasteiger partial charge in [-0.25, -0.2) is 0 Å². The number of fused-ring (bicyclic) bond motifs is 1. The van der Waals surface area contributed by atoms with E-state index in [0.717, 1.165) is 36.9 Å². The lowest BCUT2D eigenvalue weighted by Crippen LogP contribution is -2.25. The molecule has 1 aromatic carbocycles. The maximum Gasteiger partial charge on any atom is 0.251 e. The molecule has 5 rings (SSSR count). The Morgan fingerprint density at radius 3 is 2.58 bits per heavy atom. The summed E-state index contributed by atoms with van der Waals surface area (Å²) in [5.41, 5.74) is 2.74. The van der Waals surface area contributed by atoms with Gasteiger partial charge in [0.1, 0.15) is 6.10 Å². The van der Waals surface area contributed by atoms with E-state index in [4.69, 9.17) is 17.8 Å². The highest BCUT2D eigenvalue weighted by atomic mass is 16.5. The number of amides is 1. The van der Waals surface area contributed by atoms with Gasteiger partial charge in [0.25, 0.3) is 5.91 Å². The number of rotatable bonds is 8. The molecule has 0 unspecified atom stereocenters. The zero-order valence-electron chi connectivity index (χ0n) is 19.2. The molecule has 0 atom stereocenters. The first-order valence-corrected chi connectivity index (χ1v) is 11.8. The van der Waals surface area contributed by atoms with Gasteiger partial charge in [-0.05, 0) is 56.6 Å². The van der Waals surface area contributed by atoms with Crippen LogP contribution in [0, 0.1) is 5.92 Å². The number of benzene rings is 1. The third-order valence-electron chi connectivity index (χ3n) is 6.11. The molecule has 2 heterocycles. The zero-order chi connectivity index (χ0) is 22.9. The third kappa shape index (κ3) is 4.82. The van der Waals surface area contributed by atoms with E-state index in [1.54, 1.807) is 9.33 Å². The van der Waals surface area contributed by atoms with Crippen LogP contribution in [0.25, 0.3) is 17.0 Å². The van der Waals surface area contributed by atoms with Crippen LogP contribution >= 0.6 is 0 Å². The molecule has 33 heavy (non-hydrogen) atoms. The van der Waals surface area contributed by atoms with Gasteiger partial charge in [0, 0.05) is 29.8 Å². The summed E-state index contributed by atoms with van der Waals surface area (Å²) in [4.78, 5) is 14.0. The number of nitrogens with zero attached hydrogens (tertiary/aromatic N) is 5. The molecular formula is C24H29BN6O2. The molecular weight excluding hydrogens is 415 g/mol. The number of carbonyl (C=O) groups is 1. The molecule has 0 bridgehead atoms. The third-order valence-corrected chi connectivity index (χ3v) is 6.11. The Balaban J connectivity index is 1.49. The summed E-state index contributed by atoms with van der Waals surface area (Å²) in [6.45, 7) is 4.89. The Bertz CT molecular complexity index is 1140. The molecule has 2 saturated carbocycles. The zero-order valence-corrected chi connectivity index (χ0v) is 19.2. The Labute approximate surface area is 195 Å². The standard InChI is InChI=1S/C24H29BN6O2/c1-15(2)14-30(25)20-13-21(33-19-5-3-4-6-19)29-31-22(27-28-23(20)31)16-7-9-17(10-8-16)24(32)26-18-11-12-18/h7-10,13,15,18-19H,3-6,11-12,14H2,1-2H3,(H,26,32). The van der Waals surface area contributed by atoms with E-state index in [9.17, 15) is 4.79 Å². The molecule has 8 nitrogen and oxygen atoms in total. The molecule has 2 aliphatic rings. The van der Waals surface area contributed by atoms with E-state index in [1.807, 2.05) is 30.3 Å². The predicted molar refractivity (Wildman–Crippen MR) is 128 cm³/mol. The van der Waals surface area contributed by atoms with Gasteiger partial charge >= 0.3 is 0 Å². The minimum atomic E-state index is -0.0460.